The van der Waals surface area contributed by atoms with Crippen LogP contribution in [-0.4, -0.2) is 58.5 Å². The minimum atomic E-state index is -1.21. The number of benzene rings is 2. The van der Waals surface area contributed by atoms with E-state index in [0.29, 0.717) is 5.56 Å². The van der Waals surface area contributed by atoms with E-state index in [9.17, 15) is 24.7 Å². The maximum Gasteiger partial charge on any atom is 0.338 e. The van der Waals surface area contributed by atoms with Gasteiger partial charge < -0.3 is 21.5 Å². The van der Waals surface area contributed by atoms with Gasteiger partial charge in [-0.2, -0.15) is 0 Å². The Morgan fingerprint density at radius 3 is 2.03 bits per heavy atom. The lowest BCUT2D eigenvalue weighted by atomic mass is 10.0. The van der Waals surface area contributed by atoms with Gasteiger partial charge in [0.15, 0.2) is 0 Å². The van der Waals surface area contributed by atoms with Crippen molar-refractivity contribution < 1.29 is 24.7 Å². The molecule has 0 aromatic heterocycles. The van der Waals surface area contributed by atoms with E-state index in [2.05, 4.69) is 29.7 Å². The Balaban J connectivity index is 0.00000512. The SMILES string of the molecule is C.CCc1ccc(-c2ccc(C(=O)N[C@H](C(=O)NCCN(O)C(N)=O)[C@@H](C)O)cc2)cc1. The molecule has 2 aromatic carbocycles. The fourth-order valence-corrected chi connectivity index (χ4v) is 2.88. The number of carbonyl (C=O) groups is 3. The molecule has 32 heavy (non-hydrogen) atoms. The van der Waals surface area contributed by atoms with Crippen molar-refractivity contribution in [2.24, 2.45) is 5.73 Å². The summed E-state index contributed by atoms with van der Waals surface area (Å²) in [6, 6.07) is 12.8. The third-order valence-corrected chi connectivity index (χ3v) is 4.77. The molecule has 0 radical (unpaired) electrons. The molecule has 9 heteroatoms. The van der Waals surface area contributed by atoms with Gasteiger partial charge in [-0.15, -0.1) is 0 Å². The molecule has 0 saturated heterocycles. The van der Waals surface area contributed by atoms with E-state index in [1.165, 1.54) is 12.5 Å². The van der Waals surface area contributed by atoms with Gasteiger partial charge in [-0.3, -0.25) is 14.8 Å². The molecule has 2 rings (SSSR count). The molecule has 0 fully saturated rings. The number of nitrogens with one attached hydrogen (secondary N) is 2. The monoisotopic (exact) mass is 444 g/mol. The molecule has 6 N–H and O–H groups in total. The van der Waals surface area contributed by atoms with Gasteiger partial charge in [0.1, 0.15) is 6.04 Å². The van der Waals surface area contributed by atoms with Crippen LogP contribution in [0.2, 0.25) is 0 Å². The Labute approximate surface area is 188 Å². The molecule has 2 aromatic rings. The van der Waals surface area contributed by atoms with E-state index in [-0.39, 0.29) is 25.6 Å². The molecule has 4 amide bonds. The third-order valence-electron chi connectivity index (χ3n) is 4.77. The van der Waals surface area contributed by atoms with Crippen LogP contribution >= 0.6 is 0 Å². The van der Waals surface area contributed by atoms with Gasteiger partial charge in [-0.05, 0) is 42.2 Å². The number of aliphatic hydroxyl groups is 1. The van der Waals surface area contributed by atoms with Gasteiger partial charge in [0.25, 0.3) is 5.91 Å². The molecular weight excluding hydrogens is 412 g/mol. The lowest BCUT2D eigenvalue weighted by Gasteiger charge is -2.21. The van der Waals surface area contributed by atoms with Gasteiger partial charge >= 0.3 is 6.03 Å². The molecule has 0 aliphatic carbocycles. The second-order valence-electron chi connectivity index (χ2n) is 7.07. The second-order valence-corrected chi connectivity index (χ2v) is 7.07. The first-order chi connectivity index (χ1) is 14.7. The zero-order valence-corrected chi connectivity index (χ0v) is 17.5. The number of hydroxylamine groups is 2. The molecule has 9 nitrogen and oxygen atoms in total. The quantitative estimate of drug-likeness (QED) is 0.296. The van der Waals surface area contributed by atoms with E-state index < -0.39 is 30.0 Å². The maximum absolute atomic E-state index is 12.6. The largest absolute Gasteiger partial charge is 0.391 e. The number of carbonyl (C=O) groups excluding carboxylic acids is 3. The summed E-state index contributed by atoms with van der Waals surface area (Å²) in [5.41, 5.74) is 8.43. The molecule has 0 aliphatic heterocycles. The van der Waals surface area contributed by atoms with Crippen molar-refractivity contribution in [3.63, 3.8) is 0 Å². The third kappa shape index (κ3) is 7.36. The van der Waals surface area contributed by atoms with E-state index in [1.54, 1.807) is 12.1 Å². The number of aryl methyl sites for hydroxylation is 1. The van der Waals surface area contributed by atoms with Crippen LogP contribution in [0.25, 0.3) is 11.1 Å². The molecule has 0 bridgehead atoms. The highest BCUT2D eigenvalue weighted by Crippen LogP contribution is 2.20. The first-order valence-corrected chi connectivity index (χ1v) is 9.94. The first-order valence-electron chi connectivity index (χ1n) is 9.94. The van der Waals surface area contributed by atoms with Crippen molar-refractivity contribution in [2.75, 3.05) is 13.1 Å². The minimum Gasteiger partial charge on any atom is -0.391 e. The molecule has 0 aliphatic rings. The Bertz CT molecular complexity index is 898. The summed E-state index contributed by atoms with van der Waals surface area (Å²) in [6.07, 6.45) is -0.206. The molecule has 0 heterocycles. The summed E-state index contributed by atoms with van der Waals surface area (Å²) in [4.78, 5) is 35.6. The van der Waals surface area contributed by atoms with Gasteiger partial charge in [0.2, 0.25) is 5.91 Å². The van der Waals surface area contributed by atoms with Crippen LogP contribution in [0.3, 0.4) is 0 Å². The van der Waals surface area contributed by atoms with E-state index in [1.807, 2.05) is 24.3 Å². The number of primary amides is 1. The number of hydrogen-bond acceptors (Lipinski definition) is 5. The van der Waals surface area contributed by atoms with Gasteiger partial charge in [-0.1, -0.05) is 50.7 Å². The van der Waals surface area contributed by atoms with Crippen LogP contribution in [-0.2, 0) is 11.2 Å². The topological polar surface area (TPSA) is 145 Å². The van der Waals surface area contributed by atoms with Crippen molar-refractivity contribution >= 4 is 17.8 Å². The second kappa shape index (κ2) is 12.4. The average molecular weight is 445 g/mol. The van der Waals surface area contributed by atoms with Crippen LogP contribution < -0.4 is 16.4 Å². The predicted octanol–water partition coefficient (Wildman–Crippen LogP) is 1.92. The van der Waals surface area contributed by atoms with Crippen molar-refractivity contribution in [1.29, 1.82) is 0 Å². The fraction of sp³-hybridized carbons (Fsp3) is 0.348. The number of hydrogen-bond donors (Lipinski definition) is 5. The van der Waals surface area contributed by atoms with Crippen LogP contribution in [0.15, 0.2) is 48.5 Å². The van der Waals surface area contributed by atoms with Crippen molar-refractivity contribution in [1.82, 2.24) is 15.7 Å². The van der Waals surface area contributed by atoms with Crippen molar-refractivity contribution in [3.8, 4) is 11.1 Å². The normalized spacial score (nSPS) is 12.1. The Kier molecular flexibility index (Phi) is 10.3. The number of aliphatic hydroxyl groups excluding tert-OH is 1. The summed E-state index contributed by atoms with van der Waals surface area (Å²) in [5, 5.41) is 24.3. The number of amides is 4. The molecule has 174 valence electrons. The number of rotatable bonds is 9. The Morgan fingerprint density at radius 2 is 1.56 bits per heavy atom. The van der Waals surface area contributed by atoms with Crippen LogP contribution in [0.1, 0.15) is 37.2 Å². The highest BCUT2D eigenvalue weighted by Gasteiger charge is 2.26. The highest BCUT2D eigenvalue weighted by atomic mass is 16.5. The van der Waals surface area contributed by atoms with E-state index in [4.69, 9.17) is 5.73 Å². The van der Waals surface area contributed by atoms with Gasteiger partial charge in [-0.25, -0.2) is 9.86 Å². The Morgan fingerprint density at radius 1 is 1.03 bits per heavy atom. The fourth-order valence-electron chi connectivity index (χ4n) is 2.88. The van der Waals surface area contributed by atoms with E-state index in [0.717, 1.165) is 17.5 Å². The summed E-state index contributed by atoms with van der Waals surface area (Å²) in [7, 11) is 0. The van der Waals surface area contributed by atoms with Crippen LogP contribution in [0.5, 0.6) is 0 Å². The first kappa shape index (κ1) is 26.6. The van der Waals surface area contributed by atoms with Crippen molar-refractivity contribution in [3.05, 3.63) is 59.7 Å². The van der Waals surface area contributed by atoms with Gasteiger partial charge in [0, 0.05) is 12.1 Å². The molecule has 0 unspecified atom stereocenters. The number of nitrogens with two attached hydrogens (primary N) is 1. The van der Waals surface area contributed by atoms with Crippen LogP contribution in [0, 0.1) is 0 Å². The number of urea groups is 1. The zero-order valence-electron chi connectivity index (χ0n) is 17.5. The summed E-state index contributed by atoms with van der Waals surface area (Å²) in [6.45, 7) is 3.12. The molecule has 0 saturated carbocycles. The molecule has 0 spiro atoms. The lowest BCUT2D eigenvalue weighted by molar-refractivity contribution is -0.125. The minimum absolute atomic E-state index is 0. The molecular formula is C23H32N4O5. The average Bonchev–Trinajstić information content (AvgIpc) is 2.76. The maximum atomic E-state index is 12.6. The van der Waals surface area contributed by atoms with Gasteiger partial charge in [0.05, 0.1) is 12.6 Å². The predicted molar refractivity (Wildman–Crippen MR) is 122 cm³/mol. The van der Waals surface area contributed by atoms with Crippen LogP contribution in [0.4, 0.5) is 4.79 Å². The van der Waals surface area contributed by atoms with E-state index >= 15 is 0 Å². The molecule has 2 atom stereocenters. The van der Waals surface area contributed by atoms with Crippen molar-refractivity contribution in [2.45, 2.75) is 39.8 Å². The summed E-state index contributed by atoms with van der Waals surface area (Å²) >= 11 is 0. The standard InChI is InChI=1S/C22H28N4O5.CH4/c1-3-15-4-6-16(7-5-15)17-8-10-18(11-9-17)20(28)25-19(14(2)27)21(29)24-12-13-26(31)22(23)30;/h4-11,14,19,27,31H,3,12-13H2,1-2H3,(H2,23,30)(H,24,29)(H,25,28);1H4/t14-,19+;/m1./s1. The lowest BCUT2D eigenvalue weighted by Crippen LogP contribution is -2.53. The highest BCUT2D eigenvalue weighted by molar-refractivity contribution is 5.98. The summed E-state index contributed by atoms with van der Waals surface area (Å²) in [5.74, 6) is -1.18. The smallest absolute Gasteiger partial charge is 0.338 e. The Hall–Kier alpha value is -3.43. The number of nitrogens with zero attached hydrogens (tertiary/aromatic N) is 1. The zero-order chi connectivity index (χ0) is 23.0. The summed E-state index contributed by atoms with van der Waals surface area (Å²) < 4.78 is 0.